The van der Waals surface area contributed by atoms with Gasteiger partial charge in [0.1, 0.15) is 0 Å². The van der Waals surface area contributed by atoms with Gasteiger partial charge in [-0.3, -0.25) is 0 Å². The number of aliphatic hydroxyl groups is 2. The van der Waals surface area contributed by atoms with Crippen LogP contribution in [0.4, 0.5) is 0 Å². The Morgan fingerprint density at radius 1 is 1.24 bits per heavy atom. The minimum Gasteiger partial charge on any atom is -0.392 e. The van der Waals surface area contributed by atoms with E-state index in [2.05, 4.69) is 25.7 Å². The van der Waals surface area contributed by atoms with E-state index >= 15 is 0 Å². The second kappa shape index (κ2) is 4.87. The predicted molar refractivity (Wildman–Crippen MR) is 68.7 cm³/mol. The van der Waals surface area contributed by atoms with Gasteiger partial charge in [-0.15, -0.1) is 0 Å². The Bertz CT molecular complexity index is 267. The molecule has 3 heteroatoms. The van der Waals surface area contributed by atoms with E-state index in [0.29, 0.717) is 11.8 Å². The molecule has 3 nitrogen and oxygen atoms in total. The molecule has 100 valence electrons. The van der Waals surface area contributed by atoms with Crippen molar-refractivity contribution in [1.29, 1.82) is 0 Å². The number of rotatable bonds is 2. The molecule has 2 aliphatic rings. The van der Waals surface area contributed by atoms with Crippen LogP contribution >= 0.6 is 0 Å². The van der Waals surface area contributed by atoms with Gasteiger partial charge in [0, 0.05) is 13.1 Å². The lowest BCUT2D eigenvalue weighted by Gasteiger charge is -2.37. The van der Waals surface area contributed by atoms with Crippen molar-refractivity contribution in [2.45, 2.75) is 52.2 Å². The smallest absolute Gasteiger partial charge is 0.0693 e. The van der Waals surface area contributed by atoms with E-state index < -0.39 is 0 Å². The zero-order valence-electron chi connectivity index (χ0n) is 11.4. The van der Waals surface area contributed by atoms with Gasteiger partial charge in [-0.05, 0) is 43.1 Å². The highest BCUT2D eigenvalue weighted by Crippen LogP contribution is 2.41. The summed E-state index contributed by atoms with van der Waals surface area (Å²) in [5.74, 6) is 0.821. The van der Waals surface area contributed by atoms with Crippen molar-refractivity contribution in [1.82, 2.24) is 4.90 Å². The van der Waals surface area contributed by atoms with Crippen LogP contribution in [-0.4, -0.2) is 47.0 Å². The summed E-state index contributed by atoms with van der Waals surface area (Å²) >= 11 is 0. The third-order valence-corrected chi connectivity index (χ3v) is 4.90. The zero-order valence-corrected chi connectivity index (χ0v) is 11.4. The first-order chi connectivity index (χ1) is 7.90. The standard InChI is InChI=1S/C14H27NO2/c1-10-5-7-15(9-12(10)16)8-11-4-6-14(2,3)13(11)17/h10-13,16-17H,4-9H2,1-3H3. The molecule has 1 saturated carbocycles. The third kappa shape index (κ3) is 2.83. The summed E-state index contributed by atoms with van der Waals surface area (Å²) in [4.78, 5) is 2.33. The molecular formula is C14H27NO2. The van der Waals surface area contributed by atoms with E-state index in [9.17, 15) is 10.2 Å². The first-order valence-electron chi connectivity index (χ1n) is 6.98. The third-order valence-electron chi connectivity index (χ3n) is 4.90. The first-order valence-corrected chi connectivity index (χ1v) is 6.98. The monoisotopic (exact) mass is 241 g/mol. The van der Waals surface area contributed by atoms with Gasteiger partial charge < -0.3 is 15.1 Å². The quantitative estimate of drug-likeness (QED) is 0.770. The van der Waals surface area contributed by atoms with Crippen LogP contribution in [0, 0.1) is 17.3 Å². The molecule has 1 aliphatic heterocycles. The van der Waals surface area contributed by atoms with E-state index in [1.165, 1.54) is 0 Å². The van der Waals surface area contributed by atoms with Crippen molar-refractivity contribution in [3.63, 3.8) is 0 Å². The van der Waals surface area contributed by atoms with Crippen molar-refractivity contribution in [2.75, 3.05) is 19.6 Å². The molecule has 0 amide bonds. The Kier molecular flexibility index (Phi) is 3.81. The maximum Gasteiger partial charge on any atom is 0.0693 e. The summed E-state index contributed by atoms with van der Waals surface area (Å²) in [6.07, 6.45) is 2.95. The van der Waals surface area contributed by atoms with Crippen molar-refractivity contribution < 1.29 is 10.2 Å². The molecule has 0 aromatic carbocycles. The molecule has 1 saturated heterocycles. The summed E-state index contributed by atoms with van der Waals surface area (Å²) in [7, 11) is 0. The van der Waals surface area contributed by atoms with Crippen LogP contribution in [0.2, 0.25) is 0 Å². The van der Waals surface area contributed by atoms with Crippen LogP contribution in [0.15, 0.2) is 0 Å². The Morgan fingerprint density at radius 3 is 2.47 bits per heavy atom. The molecule has 1 heterocycles. The number of β-amino-alcohol motifs (C(OH)–C–C–N with tert-alkyl or cyclic N) is 1. The van der Waals surface area contributed by atoms with E-state index in [1.54, 1.807) is 0 Å². The first kappa shape index (κ1) is 13.3. The topological polar surface area (TPSA) is 43.7 Å². The van der Waals surface area contributed by atoms with Crippen LogP contribution in [-0.2, 0) is 0 Å². The zero-order chi connectivity index (χ0) is 12.6. The lowest BCUT2D eigenvalue weighted by Crippen LogP contribution is -2.46. The van der Waals surface area contributed by atoms with Gasteiger partial charge in [0.05, 0.1) is 12.2 Å². The van der Waals surface area contributed by atoms with E-state index in [1.807, 2.05) is 0 Å². The second-order valence-corrected chi connectivity index (χ2v) is 6.83. The Morgan fingerprint density at radius 2 is 1.94 bits per heavy atom. The molecule has 0 radical (unpaired) electrons. The Labute approximate surface area is 105 Å². The number of hydrogen-bond acceptors (Lipinski definition) is 3. The highest BCUT2D eigenvalue weighted by molar-refractivity contribution is 4.93. The Hall–Kier alpha value is -0.120. The SMILES string of the molecule is CC1CCN(CC2CCC(C)(C)C2O)CC1O. The molecule has 0 spiro atoms. The lowest BCUT2D eigenvalue weighted by atomic mass is 9.87. The van der Waals surface area contributed by atoms with E-state index in [0.717, 1.165) is 38.9 Å². The van der Waals surface area contributed by atoms with Crippen LogP contribution in [0.1, 0.15) is 40.0 Å². The van der Waals surface area contributed by atoms with Gasteiger partial charge in [-0.1, -0.05) is 20.8 Å². The van der Waals surface area contributed by atoms with Crippen LogP contribution in [0.25, 0.3) is 0 Å². The van der Waals surface area contributed by atoms with Gasteiger partial charge >= 0.3 is 0 Å². The van der Waals surface area contributed by atoms with Gasteiger partial charge in [0.25, 0.3) is 0 Å². The summed E-state index contributed by atoms with van der Waals surface area (Å²) in [5, 5.41) is 20.2. The maximum absolute atomic E-state index is 10.3. The summed E-state index contributed by atoms with van der Waals surface area (Å²) in [5.41, 5.74) is 0.0758. The minimum absolute atomic E-state index is 0.0758. The molecule has 2 fully saturated rings. The van der Waals surface area contributed by atoms with Gasteiger partial charge in [-0.25, -0.2) is 0 Å². The number of hydrogen-bond donors (Lipinski definition) is 2. The molecule has 4 atom stereocenters. The molecule has 1 aliphatic carbocycles. The summed E-state index contributed by atoms with van der Waals surface area (Å²) in [6.45, 7) is 9.24. The second-order valence-electron chi connectivity index (χ2n) is 6.83. The van der Waals surface area contributed by atoms with Crippen LogP contribution in [0.3, 0.4) is 0 Å². The average molecular weight is 241 g/mol. The van der Waals surface area contributed by atoms with Gasteiger partial charge in [0.2, 0.25) is 0 Å². The van der Waals surface area contributed by atoms with Crippen LogP contribution < -0.4 is 0 Å². The number of likely N-dealkylation sites (tertiary alicyclic amines) is 1. The predicted octanol–water partition coefficient (Wildman–Crippen LogP) is 1.49. The lowest BCUT2D eigenvalue weighted by molar-refractivity contribution is -0.00257. The summed E-state index contributed by atoms with van der Waals surface area (Å²) < 4.78 is 0. The largest absolute Gasteiger partial charge is 0.392 e. The molecule has 2 rings (SSSR count). The van der Waals surface area contributed by atoms with E-state index in [-0.39, 0.29) is 17.6 Å². The number of aliphatic hydroxyl groups excluding tert-OH is 2. The van der Waals surface area contributed by atoms with Crippen LogP contribution in [0.5, 0.6) is 0 Å². The normalized spacial score (nSPS) is 42.9. The fraction of sp³-hybridized carbons (Fsp3) is 1.00. The maximum atomic E-state index is 10.3. The highest BCUT2D eigenvalue weighted by Gasteiger charge is 2.41. The molecular weight excluding hydrogens is 214 g/mol. The summed E-state index contributed by atoms with van der Waals surface area (Å²) in [6, 6.07) is 0. The molecule has 0 aromatic rings. The average Bonchev–Trinajstić information content (AvgIpc) is 2.51. The molecule has 0 bridgehead atoms. The highest BCUT2D eigenvalue weighted by atomic mass is 16.3. The van der Waals surface area contributed by atoms with Crippen molar-refractivity contribution in [3.05, 3.63) is 0 Å². The van der Waals surface area contributed by atoms with Crippen molar-refractivity contribution in [3.8, 4) is 0 Å². The fourth-order valence-electron chi connectivity index (χ4n) is 3.30. The fourth-order valence-corrected chi connectivity index (χ4v) is 3.30. The minimum atomic E-state index is -0.185. The van der Waals surface area contributed by atoms with Gasteiger partial charge in [-0.2, -0.15) is 0 Å². The van der Waals surface area contributed by atoms with Crippen molar-refractivity contribution in [2.24, 2.45) is 17.3 Å². The molecule has 4 unspecified atom stereocenters. The number of piperidine rings is 1. The molecule has 17 heavy (non-hydrogen) atoms. The Balaban J connectivity index is 1.86. The van der Waals surface area contributed by atoms with Gasteiger partial charge in [0.15, 0.2) is 0 Å². The molecule has 2 N–H and O–H groups in total. The number of nitrogens with zero attached hydrogens (tertiary/aromatic N) is 1. The molecule has 0 aromatic heterocycles. The van der Waals surface area contributed by atoms with Crippen molar-refractivity contribution >= 4 is 0 Å². The van der Waals surface area contributed by atoms with E-state index in [4.69, 9.17) is 0 Å².